The molecule has 0 saturated carbocycles. The van der Waals surface area contributed by atoms with Crippen LogP contribution in [0, 0.1) is 20.8 Å². The summed E-state index contributed by atoms with van der Waals surface area (Å²) in [6.07, 6.45) is 2.35. The van der Waals surface area contributed by atoms with E-state index in [4.69, 9.17) is 4.98 Å². The van der Waals surface area contributed by atoms with Gasteiger partial charge in [-0.25, -0.2) is 15.0 Å². The lowest BCUT2D eigenvalue weighted by atomic mass is 9.99. The van der Waals surface area contributed by atoms with E-state index >= 15 is 0 Å². The van der Waals surface area contributed by atoms with Crippen LogP contribution in [0.3, 0.4) is 0 Å². The van der Waals surface area contributed by atoms with Gasteiger partial charge in [0.2, 0.25) is 0 Å². The van der Waals surface area contributed by atoms with Gasteiger partial charge in [0.25, 0.3) is 0 Å². The highest BCUT2D eigenvalue weighted by molar-refractivity contribution is 7.15. The zero-order valence-corrected chi connectivity index (χ0v) is 13.5. The van der Waals surface area contributed by atoms with Crippen LogP contribution >= 0.6 is 11.3 Å². The van der Waals surface area contributed by atoms with Gasteiger partial charge in [0.15, 0.2) is 5.13 Å². The summed E-state index contributed by atoms with van der Waals surface area (Å²) in [6.45, 7) is 8.21. The first-order chi connectivity index (χ1) is 10.1. The van der Waals surface area contributed by atoms with Crippen LogP contribution in [0.4, 0.5) is 10.9 Å². The van der Waals surface area contributed by atoms with Crippen molar-refractivity contribution in [3.05, 3.63) is 28.2 Å². The van der Waals surface area contributed by atoms with Gasteiger partial charge in [-0.15, -0.1) is 11.3 Å². The smallest absolute Gasteiger partial charge is 0.188 e. The molecule has 1 saturated heterocycles. The fourth-order valence-corrected chi connectivity index (χ4v) is 3.37. The molecule has 0 amide bonds. The topological polar surface area (TPSA) is 62.7 Å². The van der Waals surface area contributed by atoms with Crippen molar-refractivity contribution < 1.29 is 0 Å². The van der Waals surface area contributed by atoms with E-state index in [-0.39, 0.29) is 0 Å². The fourth-order valence-electron chi connectivity index (χ4n) is 2.55. The highest BCUT2D eigenvalue weighted by Crippen LogP contribution is 2.26. The number of piperidine rings is 1. The first-order valence-corrected chi connectivity index (χ1v) is 8.21. The van der Waals surface area contributed by atoms with Crippen molar-refractivity contribution in [3.63, 3.8) is 0 Å². The largest absolute Gasteiger partial charge is 0.316 e. The average molecular weight is 303 g/mol. The summed E-state index contributed by atoms with van der Waals surface area (Å²) in [5.41, 5.74) is 2.07. The van der Waals surface area contributed by atoms with Crippen molar-refractivity contribution in [2.45, 2.75) is 39.5 Å². The summed E-state index contributed by atoms with van der Waals surface area (Å²) < 4.78 is 0. The highest BCUT2D eigenvalue weighted by atomic mass is 32.1. The fraction of sp³-hybridized carbons (Fsp3) is 0.533. The van der Waals surface area contributed by atoms with Gasteiger partial charge in [-0.05, 0) is 40.2 Å². The van der Waals surface area contributed by atoms with Gasteiger partial charge >= 0.3 is 0 Å². The predicted molar refractivity (Wildman–Crippen MR) is 86.5 cm³/mol. The molecule has 3 rings (SSSR count). The van der Waals surface area contributed by atoms with Crippen LogP contribution in [0.1, 0.15) is 40.8 Å². The molecule has 2 N–H and O–H groups in total. The van der Waals surface area contributed by atoms with Gasteiger partial charge in [0.05, 0.1) is 5.69 Å². The highest BCUT2D eigenvalue weighted by Gasteiger charge is 2.19. The lowest BCUT2D eigenvalue weighted by Crippen LogP contribution is -2.29. The maximum Gasteiger partial charge on any atom is 0.188 e. The number of nitrogens with one attached hydrogen (secondary N) is 2. The minimum atomic E-state index is 0.416. The molecule has 0 aromatic carbocycles. The Morgan fingerprint density at radius 3 is 2.76 bits per heavy atom. The van der Waals surface area contributed by atoms with Gasteiger partial charge in [-0.1, -0.05) is 0 Å². The van der Waals surface area contributed by atoms with Gasteiger partial charge in [-0.3, -0.25) is 0 Å². The Hall–Kier alpha value is -1.53. The number of thiazole rings is 1. The van der Waals surface area contributed by atoms with E-state index in [2.05, 4.69) is 27.5 Å². The summed E-state index contributed by atoms with van der Waals surface area (Å²) >= 11 is 1.66. The zero-order valence-electron chi connectivity index (χ0n) is 12.7. The number of aryl methyl sites for hydroxylation is 3. The zero-order chi connectivity index (χ0) is 14.8. The number of nitrogens with zero attached hydrogens (tertiary/aromatic N) is 3. The lowest BCUT2D eigenvalue weighted by Gasteiger charge is -2.22. The third-order valence-electron chi connectivity index (χ3n) is 3.80. The van der Waals surface area contributed by atoms with Crippen LogP contribution in [0.2, 0.25) is 0 Å². The monoisotopic (exact) mass is 303 g/mol. The maximum absolute atomic E-state index is 4.70. The van der Waals surface area contributed by atoms with E-state index in [1.54, 1.807) is 11.3 Å². The average Bonchev–Trinajstić information content (AvgIpc) is 2.77. The maximum atomic E-state index is 4.70. The van der Waals surface area contributed by atoms with Gasteiger partial charge in [0, 0.05) is 29.1 Å². The van der Waals surface area contributed by atoms with Gasteiger partial charge in [0.1, 0.15) is 11.6 Å². The second-order valence-corrected chi connectivity index (χ2v) is 6.78. The minimum absolute atomic E-state index is 0.416. The molecule has 3 heterocycles. The molecule has 1 aliphatic heterocycles. The minimum Gasteiger partial charge on any atom is -0.316 e. The van der Waals surface area contributed by atoms with Gasteiger partial charge in [-0.2, -0.15) is 0 Å². The molecule has 0 spiro atoms. The van der Waals surface area contributed by atoms with E-state index in [1.807, 2.05) is 19.9 Å². The summed E-state index contributed by atoms with van der Waals surface area (Å²) in [5.74, 6) is 2.20. The van der Waals surface area contributed by atoms with E-state index in [0.29, 0.717) is 5.92 Å². The molecule has 0 radical (unpaired) electrons. The number of aromatic nitrogens is 3. The molecule has 0 aliphatic carbocycles. The summed E-state index contributed by atoms with van der Waals surface area (Å²) in [6, 6.07) is 1.98. The van der Waals surface area contributed by atoms with Crippen molar-refractivity contribution in [1.82, 2.24) is 20.3 Å². The Kier molecular flexibility index (Phi) is 4.17. The van der Waals surface area contributed by atoms with E-state index in [1.165, 1.54) is 11.3 Å². The number of hydrogen-bond acceptors (Lipinski definition) is 6. The molecule has 112 valence electrons. The Balaban J connectivity index is 1.83. The van der Waals surface area contributed by atoms with Crippen molar-refractivity contribution in [3.8, 4) is 0 Å². The summed E-state index contributed by atoms with van der Waals surface area (Å²) in [5, 5.41) is 7.64. The molecule has 21 heavy (non-hydrogen) atoms. The summed E-state index contributed by atoms with van der Waals surface area (Å²) in [4.78, 5) is 15.1. The Labute approximate surface area is 129 Å². The third-order valence-corrected chi connectivity index (χ3v) is 4.79. The van der Waals surface area contributed by atoms with E-state index < -0.39 is 0 Å². The SMILES string of the molecule is Cc1cc(Nc2nc(C)c(C)s2)nc([C@H]2CCCNC2)n1. The molecule has 1 atom stereocenters. The second-order valence-electron chi connectivity index (χ2n) is 5.58. The van der Waals surface area contributed by atoms with Crippen molar-refractivity contribution in [2.24, 2.45) is 0 Å². The lowest BCUT2D eigenvalue weighted by molar-refractivity contribution is 0.446. The summed E-state index contributed by atoms with van der Waals surface area (Å²) in [7, 11) is 0. The Morgan fingerprint density at radius 1 is 1.24 bits per heavy atom. The van der Waals surface area contributed by atoms with Crippen molar-refractivity contribution >= 4 is 22.3 Å². The van der Waals surface area contributed by atoms with Crippen molar-refractivity contribution in [2.75, 3.05) is 18.4 Å². The first kappa shape index (κ1) is 14.4. The Morgan fingerprint density at radius 2 is 2.10 bits per heavy atom. The standard InChI is InChI=1S/C15H21N5S/c1-9-7-13(20-15-18-10(2)11(3)21-15)19-14(17-9)12-5-4-6-16-8-12/h7,12,16H,4-6,8H2,1-3H3,(H,17,18,19,20)/t12-/m0/s1. The van der Waals surface area contributed by atoms with Crippen molar-refractivity contribution in [1.29, 1.82) is 0 Å². The Bertz CT molecular complexity index is 611. The molecule has 1 fully saturated rings. The number of hydrogen-bond donors (Lipinski definition) is 2. The molecule has 2 aromatic heterocycles. The number of anilines is 2. The normalized spacial score (nSPS) is 18.7. The van der Waals surface area contributed by atoms with Crippen LogP contribution in [0.5, 0.6) is 0 Å². The molecule has 2 aromatic rings. The number of rotatable bonds is 3. The van der Waals surface area contributed by atoms with E-state index in [0.717, 1.165) is 47.7 Å². The first-order valence-electron chi connectivity index (χ1n) is 7.39. The van der Waals surface area contributed by atoms with Crippen LogP contribution < -0.4 is 10.6 Å². The van der Waals surface area contributed by atoms with E-state index in [9.17, 15) is 0 Å². The van der Waals surface area contributed by atoms with Crippen LogP contribution in [0.15, 0.2) is 6.07 Å². The van der Waals surface area contributed by atoms with Gasteiger partial charge < -0.3 is 10.6 Å². The molecule has 0 unspecified atom stereocenters. The van der Waals surface area contributed by atoms with Crippen LogP contribution in [0.25, 0.3) is 0 Å². The molecule has 6 heteroatoms. The third kappa shape index (κ3) is 3.39. The molecule has 0 bridgehead atoms. The molecule has 1 aliphatic rings. The van der Waals surface area contributed by atoms with Crippen LogP contribution in [-0.4, -0.2) is 28.0 Å². The molecular formula is C15H21N5S. The van der Waals surface area contributed by atoms with Crippen LogP contribution in [-0.2, 0) is 0 Å². The predicted octanol–water partition coefficient (Wildman–Crippen LogP) is 3.07. The molecular weight excluding hydrogens is 282 g/mol. The molecule has 5 nitrogen and oxygen atoms in total. The quantitative estimate of drug-likeness (QED) is 0.912. The second kappa shape index (κ2) is 6.07.